The molecular weight excluding hydrogens is 277 g/mol. The first-order valence-electron chi connectivity index (χ1n) is 6.63. The first-order chi connectivity index (χ1) is 9.08. The van der Waals surface area contributed by atoms with E-state index in [1.807, 2.05) is 33.5 Å². The van der Waals surface area contributed by atoms with Crippen molar-refractivity contribution in [1.29, 1.82) is 0 Å². The van der Waals surface area contributed by atoms with E-state index < -0.39 is 25.1 Å². The topological polar surface area (TPSA) is 29.5 Å². The Morgan fingerprint density at radius 3 is 2.30 bits per heavy atom. The molecule has 0 aliphatic carbocycles. The molecule has 111 valence electrons. The Bertz CT molecular complexity index is 473. The van der Waals surface area contributed by atoms with Crippen molar-refractivity contribution >= 4 is 26.2 Å². The van der Waals surface area contributed by atoms with Crippen LogP contribution in [0.1, 0.15) is 13.8 Å². The van der Waals surface area contributed by atoms with Crippen molar-refractivity contribution in [3.8, 4) is 0 Å². The second-order valence-corrected chi connectivity index (χ2v) is 11.9. The van der Waals surface area contributed by atoms with Gasteiger partial charge < -0.3 is 9.76 Å². The van der Waals surface area contributed by atoms with E-state index in [-0.39, 0.29) is 18.7 Å². The lowest BCUT2D eigenvalue weighted by molar-refractivity contribution is 0.101. The highest BCUT2D eigenvalue weighted by Gasteiger charge is 2.25. The van der Waals surface area contributed by atoms with Gasteiger partial charge in [0.1, 0.15) is 0 Å². The molecule has 0 saturated carbocycles. The van der Waals surface area contributed by atoms with E-state index in [1.54, 1.807) is 6.07 Å². The molecule has 0 aromatic heterocycles. The highest BCUT2D eigenvalue weighted by molar-refractivity contribution is 6.88. The Hall–Kier alpha value is -0.718. The molecule has 20 heavy (non-hydrogen) atoms. The van der Waals surface area contributed by atoms with Gasteiger partial charge in [0.05, 0.1) is 14.7 Å². The molecule has 0 amide bonds. The van der Waals surface area contributed by atoms with Crippen molar-refractivity contribution in [3.05, 3.63) is 23.8 Å². The van der Waals surface area contributed by atoms with E-state index in [0.29, 0.717) is 5.19 Å². The van der Waals surface area contributed by atoms with E-state index >= 15 is 0 Å². The third kappa shape index (κ3) is 4.40. The molecule has 0 saturated heterocycles. The van der Waals surface area contributed by atoms with Gasteiger partial charge >= 0.3 is 7.48 Å². The quantitative estimate of drug-likeness (QED) is 0.812. The van der Waals surface area contributed by atoms with Gasteiger partial charge in [-0.25, -0.2) is 8.78 Å². The molecule has 0 unspecified atom stereocenters. The van der Waals surface area contributed by atoms with Gasteiger partial charge in [0, 0.05) is 12.0 Å². The molecule has 6 heteroatoms. The minimum Gasteiger partial charge on any atom is -0.433 e. The number of benzene rings is 1. The van der Waals surface area contributed by atoms with Crippen LogP contribution in [-0.2, 0) is 4.65 Å². The summed E-state index contributed by atoms with van der Waals surface area (Å²) < 4.78 is 33.3. The van der Waals surface area contributed by atoms with Crippen LogP contribution in [0.4, 0.5) is 8.78 Å². The monoisotopic (exact) mass is 299 g/mol. The van der Waals surface area contributed by atoms with Crippen molar-refractivity contribution in [3.63, 3.8) is 0 Å². The van der Waals surface area contributed by atoms with Crippen LogP contribution in [0.5, 0.6) is 0 Å². The van der Waals surface area contributed by atoms with Crippen LogP contribution in [0.15, 0.2) is 12.1 Å². The second kappa shape index (κ2) is 6.37. The van der Waals surface area contributed by atoms with Crippen LogP contribution in [-0.4, -0.2) is 33.9 Å². The van der Waals surface area contributed by atoms with Gasteiger partial charge in [0.15, 0.2) is 11.6 Å². The maximum Gasteiger partial charge on any atom is 0.333 e. The van der Waals surface area contributed by atoms with E-state index in [0.717, 1.165) is 0 Å². The van der Waals surface area contributed by atoms with Crippen LogP contribution in [0.2, 0.25) is 19.6 Å². The summed E-state index contributed by atoms with van der Waals surface area (Å²) in [6.45, 7) is 9.75. The molecule has 2 nitrogen and oxygen atoms in total. The van der Waals surface area contributed by atoms with Gasteiger partial charge in [-0.05, 0) is 10.6 Å². The Morgan fingerprint density at radius 2 is 1.80 bits per heavy atom. The minimum absolute atomic E-state index is 0.0355. The minimum atomic E-state index is -1.90. The number of rotatable bonds is 6. The van der Waals surface area contributed by atoms with Crippen LogP contribution < -0.4 is 10.6 Å². The molecular formula is C14H22BF2O2Si. The third-order valence-corrected chi connectivity index (χ3v) is 5.03. The second-order valence-electron chi connectivity index (χ2n) is 6.83. The standard InChI is InChI=1S/C14H22BF2O2Si/c1-14(2,8-18)9-19-15-10-6-7-11(20(3,4)5)13(17)12(10)16/h6-7,18H,8-9H2,1-5H3. The number of hydrogen-bond acceptors (Lipinski definition) is 2. The summed E-state index contributed by atoms with van der Waals surface area (Å²) in [6, 6.07) is 3.18. The number of halogens is 2. The van der Waals surface area contributed by atoms with Gasteiger partial charge in [-0.2, -0.15) is 0 Å². The van der Waals surface area contributed by atoms with Crippen molar-refractivity contribution in [1.82, 2.24) is 0 Å². The molecule has 1 radical (unpaired) electrons. The van der Waals surface area contributed by atoms with Crippen molar-refractivity contribution in [2.24, 2.45) is 5.41 Å². The summed E-state index contributed by atoms with van der Waals surface area (Å²) in [4.78, 5) is 0. The SMILES string of the molecule is CC(C)(CO)CO[B]c1ccc([Si](C)(C)C)c(F)c1F. The van der Waals surface area contributed by atoms with Gasteiger partial charge in [-0.15, -0.1) is 0 Å². The highest BCUT2D eigenvalue weighted by Crippen LogP contribution is 2.13. The van der Waals surface area contributed by atoms with E-state index in [4.69, 9.17) is 9.76 Å². The zero-order valence-electron chi connectivity index (χ0n) is 12.8. The molecule has 1 aromatic carbocycles. The van der Waals surface area contributed by atoms with Gasteiger partial charge in [0.2, 0.25) is 0 Å². The zero-order chi connectivity index (χ0) is 15.6. The lowest BCUT2D eigenvalue weighted by atomic mass is 9.86. The molecule has 1 N–H and O–H groups in total. The lowest BCUT2D eigenvalue weighted by Crippen LogP contribution is -2.42. The molecule has 0 heterocycles. The number of aliphatic hydroxyl groups is 1. The van der Waals surface area contributed by atoms with Gasteiger partial charge in [-0.3, -0.25) is 0 Å². The smallest absolute Gasteiger partial charge is 0.333 e. The summed E-state index contributed by atoms with van der Waals surface area (Å²) in [5.41, 5.74) is -0.317. The fourth-order valence-electron chi connectivity index (χ4n) is 1.64. The number of hydrogen-bond donors (Lipinski definition) is 1. The first kappa shape index (κ1) is 17.3. The maximum atomic E-state index is 14.0. The summed E-state index contributed by atoms with van der Waals surface area (Å²) in [7, 11) is -0.690. The van der Waals surface area contributed by atoms with Gasteiger partial charge in [-0.1, -0.05) is 45.6 Å². The molecule has 1 rings (SSSR count). The summed E-state index contributed by atoms with van der Waals surface area (Å²) in [5, 5.41) is 9.57. The Morgan fingerprint density at radius 1 is 1.20 bits per heavy atom. The van der Waals surface area contributed by atoms with Crippen LogP contribution in [0.25, 0.3) is 0 Å². The van der Waals surface area contributed by atoms with Crippen molar-refractivity contribution in [2.75, 3.05) is 13.2 Å². The normalized spacial score (nSPS) is 12.6. The molecule has 1 aromatic rings. The molecule has 0 atom stereocenters. The fourth-order valence-corrected chi connectivity index (χ4v) is 2.99. The van der Waals surface area contributed by atoms with E-state index in [2.05, 4.69) is 0 Å². The van der Waals surface area contributed by atoms with Crippen molar-refractivity contribution < 1.29 is 18.5 Å². The first-order valence-corrected chi connectivity index (χ1v) is 10.1. The van der Waals surface area contributed by atoms with E-state index in [1.165, 1.54) is 13.5 Å². The van der Waals surface area contributed by atoms with Crippen LogP contribution in [0, 0.1) is 17.0 Å². The third-order valence-electron chi connectivity index (χ3n) is 3.03. The molecule has 0 aliphatic heterocycles. The Labute approximate surface area is 121 Å². The molecule has 0 spiro atoms. The predicted molar refractivity (Wildman–Crippen MR) is 81.5 cm³/mol. The summed E-state index contributed by atoms with van der Waals surface area (Å²) in [5.74, 6) is -1.64. The van der Waals surface area contributed by atoms with Crippen LogP contribution in [0.3, 0.4) is 0 Å². The Balaban J connectivity index is 2.82. The maximum absolute atomic E-state index is 14.0. The van der Waals surface area contributed by atoms with Crippen molar-refractivity contribution in [2.45, 2.75) is 33.5 Å². The van der Waals surface area contributed by atoms with E-state index in [9.17, 15) is 8.78 Å². The molecule has 0 fully saturated rings. The lowest BCUT2D eigenvalue weighted by Gasteiger charge is -2.22. The Kier molecular flexibility index (Phi) is 5.52. The fraction of sp³-hybridized carbons (Fsp3) is 0.571. The molecule has 0 bridgehead atoms. The summed E-state index contributed by atoms with van der Waals surface area (Å²) >= 11 is 0. The zero-order valence-corrected chi connectivity index (χ0v) is 13.8. The highest BCUT2D eigenvalue weighted by atomic mass is 28.3. The van der Waals surface area contributed by atoms with Crippen LogP contribution >= 0.6 is 0 Å². The number of aliphatic hydroxyl groups excluding tert-OH is 1. The summed E-state index contributed by atoms with van der Waals surface area (Å²) in [6.07, 6.45) is 0. The largest absolute Gasteiger partial charge is 0.433 e. The predicted octanol–water partition coefficient (Wildman–Crippen LogP) is 1.79. The molecule has 0 aliphatic rings. The average molecular weight is 299 g/mol. The average Bonchev–Trinajstić information content (AvgIpc) is 2.33. The van der Waals surface area contributed by atoms with Gasteiger partial charge in [0.25, 0.3) is 0 Å².